The number of aliphatic hydroxyl groups excluding tert-OH is 4. The maximum absolute atomic E-state index is 15.9. The van der Waals surface area contributed by atoms with Crippen LogP contribution in [0, 0.1) is 0 Å². The minimum Gasteiger partial charge on any atom is -0.872 e. The summed E-state index contributed by atoms with van der Waals surface area (Å²) in [6, 6.07) is -4.93. The van der Waals surface area contributed by atoms with Gasteiger partial charge in [0, 0.05) is 109 Å². The van der Waals surface area contributed by atoms with Crippen LogP contribution in [0.2, 0.25) is 0 Å². The van der Waals surface area contributed by atoms with Crippen LogP contribution < -0.4 is 139 Å². The van der Waals surface area contributed by atoms with Crippen LogP contribution in [0.4, 0.5) is 0 Å². The first-order chi connectivity index (χ1) is 46.4. The van der Waals surface area contributed by atoms with Gasteiger partial charge in [-0.2, -0.15) is 33.7 Å². The predicted molar refractivity (Wildman–Crippen MR) is 332 cm³/mol. The quantitative estimate of drug-likeness (QED) is 0.0229. The third-order valence-corrected chi connectivity index (χ3v) is 22.6. The van der Waals surface area contributed by atoms with Gasteiger partial charge in [0.25, 0.3) is 40.5 Å². The minimum absolute atomic E-state index is 0. The van der Waals surface area contributed by atoms with Gasteiger partial charge in [-0.3, -0.25) is 57.0 Å². The summed E-state index contributed by atoms with van der Waals surface area (Å²) in [6.45, 7) is -5.90. The predicted octanol–water partition coefficient (Wildman–Crippen LogP) is -15.1. The fraction of sp³-hybridized carbons (Fsp3) is 0.533. The molecule has 4 unspecified atom stereocenters. The first-order valence-corrected chi connectivity index (χ1v) is 37.5. The van der Waals surface area contributed by atoms with Crippen LogP contribution in [0.25, 0.3) is 0 Å². The number of nitrogens with zero attached hydrogens (tertiary/aromatic N) is 4. The van der Waals surface area contributed by atoms with E-state index in [0.717, 1.165) is 19.6 Å². The van der Waals surface area contributed by atoms with Crippen molar-refractivity contribution in [3.63, 3.8) is 0 Å². The summed E-state index contributed by atoms with van der Waals surface area (Å²) in [5.74, 6) is -32.9. The summed E-state index contributed by atoms with van der Waals surface area (Å²) in [4.78, 5) is 55.1. The average Bonchev–Trinajstić information content (AvgIpc) is 1.19. The molecule has 0 spiro atoms. The van der Waals surface area contributed by atoms with E-state index in [9.17, 15) is 132 Å². The van der Waals surface area contributed by atoms with Crippen molar-refractivity contribution in [3.8, 4) is 46.0 Å². The second kappa shape index (κ2) is 35.7. The molecule has 552 valence electrons. The molecule has 4 heterocycles. The monoisotopic (exact) mass is 1580 g/mol. The van der Waals surface area contributed by atoms with Gasteiger partial charge in [0.05, 0.1) is 53.0 Å². The van der Waals surface area contributed by atoms with Crippen molar-refractivity contribution < 1.29 is 271 Å². The molecular weight excluding hydrogens is 1510 g/mol. The Kier molecular flexibility index (Phi) is 31.2. The number of carbonyl (C=O) groups is 4. The fourth-order valence-corrected chi connectivity index (χ4v) is 17.0. The molecule has 0 aromatic heterocycles. The third-order valence-electron chi connectivity index (χ3n) is 19.6. The maximum atomic E-state index is 15.9. The third kappa shape index (κ3) is 20.0. The number of aliphatic hydroxyl groups is 4. The Balaban J connectivity index is 0.00000486. The number of phenols is 4. The molecule has 104 heavy (non-hydrogen) atoms. The number of fused-ring (bicyclic) bond motifs is 8. The van der Waals surface area contributed by atoms with Gasteiger partial charge in [0.2, 0.25) is 0 Å². The molecule has 8 bridgehead atoms. The zero-order valence-electron chi connectivity index (χ0n) is 56.5. The van der Waals surface area contributed by atoms with Gasteiger partial charge in [-0.25, -0.2) is 0 Å². The zero-order chi connectivity index (χ0) is 74.1. The summed E-state index contributed by atoms with van der Waals surface area (Å²) in [7, 11) is -21.4. The van der Waals surface area contributed by atoms with Crippen LogP contribution >= 0.6 is 0 Å². The van der Waals surface area contributed by atoms with Crippen molar-refractivity contribution in [3.05, 3.63) is 91.0 Å². The number of rotatable bonds is 24. The van der Waals surface area contributed by atoms with E-state index < -0.39 is 344 Å². The van der Waals surface area contributed by atoms with Crippen molar-refractivity contribution in [1.82, 2.24) is 19.6 Å². The number of benzene rings is 4. The SMILES string of the molecule is O=C(O)[C@H]1[C@H](O)CCN1Cc1c([O-])c2cc(c1[O-])C(CCS(=O)(=O)O)c1cc(c([O-])c(CN3CC[C@@H](O)[C@@H]3C(=O)O)c1O)C(CCS(=O)(=O)O)c1cc(c(O)c(CN3CC[C@@H](O)[C@@H]3C(=O)O)c1O)C(CCS(=O)(=O)O)c1cc(c(O)c(CN3CC[C@@H](O)[C@@H]3C(=O)O)c1[O-])C2CCS(=O)(=O)O.[Na+].[Na+].[Na+].[Na+]. The van der Waals surface area contributed by atoms with Crippen LogP contribution in [0.15, 0.2) is 24.3 Å². The molecule has 0 amide bonds. The van der Waals surface area contributed by atoms with Crippen LogP contribution in [0.3, 0.4) is 0 Å². The van der Waals surface area contributed by atoms with Gasteiger partial charge in [-0.1, -0.05) is 29.7 Å². The molecule has 0 saturated carbocycles. The van der Waals surface area contributed by atoms with Crippen LogP contribution in [0.5, 0.6) is 46.0 Å². The summed E-state index contributed by atoms with van der Waals surface area (Å²) in [6.07, 6.45) is -12.9. The van der Waals surface area contributed by atoms with Gasteiger partial charge >= 0.3 is 142 Å². The fourth-order valence-electron chi connectivity index (χ4n) is 14.9. The summed E-state index contributed by atoms with van der Waals surface area (Å²) >= 11 is 0. The Bertz CT molecular complexity index is 3750. The number of hydrogen-bond donors (Lipinski definition) is 16. The number of aromatic hydroxyl groups is 4. The first kappa shape index (κ1) is 91.1. The molecule has 5 aliphatic rings. The summed E-state index contributed by atoms with van der Waals surface area (Å²) in [5.41, 5.74) is -11.0. The first-order valence-electron chi connectivity index (χ1n) is 31.0. The smallest absolute Gasteiger partial charge is 0.872 e. The van der Waals surface area contributed by atoms with E-state index in [1.54, 1.807) is 0 Å². The van der Waals surface area contributed by atoms with E-state index in [1.165, 1.54) is 0 Å². The number of carboxylic acid groups (broad SMARTS) is 4. The number of likely N-dealkylation sites (tertiary alicyclic amines) is 4. The van der Waals surface area contributed by atoms with Crippen LogP contribution in [-0.4, -0.2) is 254 Å². The van der Waals surface area contributed by atoms with Gasteiger partial charge in [-0.15, -0.1) is 11.5 Å². The van der Waals surface area contributed by atoms with Gasteiger partial charge in [0.1, 0.15) is 47.2 Å². The second-order valence-electron chi connectivity index (χ2n) is 25.8. The number of phenolic OH excluding ortho intramolecular Hbond substituents is 4. The molecule has 4 fully saturated rings. The number of hydrogen-bond acceptors (Lipinski definition) is 28. The Labute approximate surface area is 683 Å². The van der Waals surface area contributed by atoms with E-state index >= 15 is 20.4 Å². The van der Waals surface area contributed by atoms with Crippen molar-refractivity contribution in [2.24, 2.45) is 0 Å². The molecule has 12 atom stereocenters. The molecule has 4 aromatic carbocycles. The molecule has 4 aliphatic heterocycles. The van der Waals surface area contributed by atoms with Crippen LogP contribution in [-0.2, 0) is 85.8 Å². The Morgan fingerprint density at radius 1 is 0.337 bits per heavy atom. The molecule has 4 aromatic rings. The van der Waals surface area contributed by atoms with Gasteiger partial charge in [0.15, 0.2) is 0 Å². The van der Waals surface area contributed by atoms with E-state index in [4.69, 9.17) is 0 Å². The molecule has 4 saturated heterocycles. The molecular formula is C60H72N4Na4O32S4. The largest absolute Gasteiger partial charge is 1.00 e. The van der Waals surface area contributed by atoms with Crippen molar-refractivity contribution in [2.45, 2.75) is 150 Å². The van der Waals surface area contributed by atoms with Crippen molar-refractivity contribution in [2.75, 3.05) is 49.2 Å². The minimum atomic E-state index is -5.35. The van der Waals surface area contributed by atoms with Crippen molar-refractivity contribution in [1.29, 1.82) is 0 Å². The molecule has 16 N–H and O–H groups in total. The molecule has 1 aliphatic carbocycles. The Hall–Kier alpha value is -3.52. The van der Waals surface area contributed by atoms with Gasteiger partial charge in [-0.05, 0) is 85.3 Å². The van der Waals surface area contributed by atoms with E-state index in [1.807, 2.05) is 0 Å². The molecule has 9 rings (SSSR count). The average molecular weight is 1580 g/mol. The van der Waals surface area contributed by atoms with Crippen molar-refractivity contribution >= 4 is 64.3 Å². The zero-order valence-corrected chi connectivity index (χ0v) is 67.8. The molecule has 36 nitrogen and oxygen atoms in total. The van der Waals surface area contributed by atoms with E-state index in [-0.39, 0.29) is 150 Å². The number of aliphatic carboxylic acids is 4. The van der Waals surface area contributed by atoms with Gasteiger partial charge < -0.3 is 81.7 Å². The summed E-state index contributed by atoms with van der Waals surface area (Å²) < 4.78 is 147. The van der Waals surface area contributed by atoms with E-state index in [2.05, 4.69) is 0 Å². The molecule has 44 heteroatoms. The second-order valence-corrected chi connectivity index (χ2v) is 32.1. The molecule has 0 radical (unpaired) electrons. The van der Waals surface area contributed by atoms with Crippen LogP contribution in [0.1, 0.15) is 142 Å². The Morgan fingerprint density at radius 3 is 0.740 bits per heavy atom. The maximum Gasteiger partial charge on any atom is 1.00 e. The summed E-state index contributed by atoms with van der Waals surface area (Å²) in [5, 5.41) is 200. The Morgan fingerprint density at radius 2 is 0.519 bits per heavy atom. The number of carboxylic acids is 4. The standard InChI is InChI=1S/C60H76N4O32S4.4Na/c65-41-1-9-61(45(41)57(77)78)21-37-49(69)29-17-30(50(37)70)26(6-14-98(88,89)90)32-19-34(54(74)39(52(32)72)23-63-11-3-43(67)47(63)59(81)82)28(8-16-100(94,95)96)36-20-35(55(75)40(56(36)76)24-64-12-4-44(68)48(64)60(83)84)27(7-15-99(91,92)93)33-18-31(25(29)5-13-97(85,86)87)51(71)38(53(33)73)22-62-10-2-42(66)46(62)58(79)80;;;;/h17-20,25-28,41-48,65-76H,1-16,21-24H2,(H,77,78)(H,79,80)(H,81,82)(H,83,84)(H,85,86,87)(H,88,89,90)(H,91,92,93)(H,94,95,96);;;;/q;4*+1/p-4/t25?,26?,27?,28?,41-,42-,43-,44-,45-,46-,47-,48-;;;;/m1..../s1. The normalized spacial score (nSPS) is 24.8. The topological polar surface area (TPSA) is 634 Å². The van der Waals surface area contributed by atoms with E-state index in [0.29, 0.717) is 24.3 Å².